The van der Waals surface area contributed by atoms with Crippen LogP contribution in [0.15, 0.2) is 0 Å². The van der Waals surface area contributed by atoms with Gasteiger partial charge in [-0.15, -0.1) is 11.6 Å². The molecule has 0 fully saturated rings. The van der Waals surface area contributed by atoms with Crippen LogP contribution in [-0.4, -0.2) is 9.92 Å². The fourth-order valence-corrected chi connectivity index (χ4v) is 0. The standard InChI is InChI=1S/C2H2BrCl2F/c3-1(4)2(5)6/h1-2H/t1-,2+/m0/s1. The van der Waals surface area contributed by atoms with E-state index in [9.17, 15) is 4.39 Å². The number of rotatable bonds is 1. The highest BCUT2D eigenvalue weighted by molar-refractivity contribution is 9.10. The lowest BCUT2D eigenvalue weighted by atomic mass is 10.9. The fourth-order valence-electron chi connectivity index (χ4n) is 0. The highest BCUT2D eigenvalue weighted by atomic mass is 79.9. The van der Waals surface area contributed by atoms with Crippen molar-refractivity contribution in [1.82, 2.24) is 0 Å². The van der Waals surface area contributed by atoms with E-state index in [1.54, 1.807) is 0 Å². The van der Waals surface area contributed by atoms with Gasteiger partial charge in [0.05, 0.1) is 0 Å². The molecule has 0 bridgehead atoms. The van der Waals surface area contributed by atoms with Crippen molar-refractivity contribution in [3.05, 3.63) is 0 Å². The molecule has 4 heteroatoms. The number of hydrogen-bond acceptors (Lipinski definition) is 0. The molecule has 0 saturated heterocycles. The van der Waals surface area contributed by atoms with Crippen LogP contribution in [0.1, 0.15) is 0 Å². The van der Waals surface area contributed by atoms with E-state index in [0.29, 0.717) is 0 Å². The van der Waals surface area contributed by atoms with E-state index in [4.69, 9.17) is 23.2 Å². The Balaban J connectivity index is 2.99. The first-order chi connectivity index (χ1) is 2.64. The van der Waals surface area contributed by atoms with Crippen molar-refractivity contribution in [2.75, 3.05) is 0 Å². The highest BCUT2D eigenvalue weighted by Gasteiger charge is 2.08. The third kappa shape index (κ3) is 3.19. The van der Waals surface area contributed by atoms with Crippen molar-refractivity contribution < 1.29 is 4.39 Å². The first-order valence-electron chi connectivity index (χ1n) is 1.21. The van der Waals surface area contributed by atoms with E-state index >= 15 is 0 Å². The van der Waals surface area contributed by atoms with Crippen molar-refractivity contribution in [3.8, 4) is 0 Å². The van der Waals surface area contributed by atoms with Gasteiger partial charge in [0.2, 0.25) is 0 Å². The molecule has 0 rings (SSSR count). The summed E-state index contributed by atoms with van der Waals surface area (Å²) in [4.78, 5) is 0. The average molecular weight is 196 g/mol. The van der Waals surface area contributed by atoms with Crippen molar-refractivity contribution in [2.45, 2.75) is 9.92 Å². The molecule has 0 amide bonds. The molecule has 0 unspecified atom stereocenters. The predicted octanol–water partition coefficient (Wildman–Crippen LogP) is 2.48. The Labute approximate surface area is 53.7 Å². The molecule has 2 atom stereocenters. The number of hydrogen-bond donors (Lipinski definition) is 0. The van der Waals surface area contributed by atoms with Gasteiger partial charge in [-0.1, -0.05) is 27.5 Å². The zero-order chi connectivity index (χ0) is 5.15. The van der Waals surface area contributed by atoms with Gasteiger partial charge in [0.1, 0.15) is 4.29 Å². The molecule has 0 saturated carbocycles. The van der Waals surface area contributed by atoms with Crippen LogP contribution in [0.2, 0.25) is 0 Å². The van der Waals surface area contributed by atoms with Gasteiger partial charge in [-0.25, -0.2) is 4.39 Å². The maximum absolute atomic E-state index is 11.4. The van der Waals surface area contributed by atoms with Crippen LogP contribution < -0.4 is 0 Å². The molecule has 6 heavy (non-hydrogen) atoms. The molecule has 0 radical (unpaired) electrons. The summed E-state index contributed by atoms with van der Waals surface area (Å²) in [7, 11) is 0. The van der Waals surface area contributed by atoms with E-state index in [2.05, 4.69) is 15.9 Å². The third-order valence-corrected chi connectivity index (χ3v) is 1.56. The molecule has 0 aromatic heterocycles. The van der Waals surface area contributed by atoms with Gasteiger partial charge in [0.25, 0.3) is 0 Å². The second-order valence-corrected chi connectivity index (χ2v) is 3.07. The average Bonchev–Trinajstić information content (AvgIpc) is 1.36. The molecule has 0 heterocycles. The first kappa shape index (κ1) is 6.99. The second kappa shape index (κ2) is 3.05. The van der Waals surface area contributed by atoms with Crippen LogP contribution in [0.25, 0.3) is 0 Å². The molecule has 0 aromatic rings. The maximum Gasteiger partial charge on any atom is 0.199 e. The van der Waals surface area contributed by atoms with E-state index in [1.165, 1.54) is 0 Å². The van der Waals surface area contributed by atoms with E-state index in [0.717, 1.165) is 0 Å². The highest BCUT2D eigenvalue weighted by Crippen LogP contribution is 2.16. The van der Waals surface area contributed by atoms with Crippen LogP contribution in [-0.2, 0) is 0 Å². The van der Waals surface area contributed by atoms with Crippen LogP contribution >= 0.6 is 39.1 Å². The van der Waals surface area contributed by atoms with Gasteiger partial charge in [0, 0.05) is 0 Å². The summed E-state index contributed by atoms with van der Waals surface area (Å²) in [5.74, 6) is 0. The normalized spacial score (nSPS) is 20.0. The van der Waals surface area contributed by atoms with Gasteiger partial charge in [-0.05, 0) is 0 Å². The molecule has 0 nitrogen and oxygen atoms in total. The minimum atomic E-state index is -1.49. The summed E-state index contributed by atoms with van der Waals surface area (Å²) >= 11 is 12.5. The number of halogens is 4. The quantitative estimate of drug-likeness (QED) is 0.565. The Morgan fingerprint density at radius 1 is 1.50 bits per heavy atom. The summed E-state index contributed by atoms with van der Waals surface area (Å²) in [5.41, 5.74) is -1.49. The van der Waals surface area contributed by atoms with Crippen LogP contribution in [0, 0.1) is 0 Å². The van der Waals surface area contributed by atoms with Crippen molar-refractivity contribution >= 4 is 39.1 Å². The van der Waals surface area contributed by atoms with E-state index < -0.39 is 9.92 Å². The summed E-state index contributed by atoms with van der Waals surface area (Å²) in [6.45, 7) is 0. The molecule has 0 N–H and O–H groups in total. The second-order valence-electron chi connectivity index (χ2n) is 0.669. The topological polar surface area (TPSA) is 0 Å². The maximum atomic E-state index is 11.4. The van der Waals surface area contributed by atoms with E-state index in [1.807, 2.05) is 0 Å². The summed E-state index contributed by atoms with van der Waals surface area (Å²) in [6, 6.07) is 0. The molecular formula is C2H2BrCl2F. The Bertz CT molecular complexity index is 32.5. The molecule has 0 aromatic carbocycles. The lowest BCUT2D eigenvalue weighted by Crippen LogP contribution is -1.97. The van der Waals surface area contributed by atoms with Crippen LogP contribution in [0.4, 0.5) is 4.39 Å². The Morgan fingerprint density at radius 2 is 1.67 bits per heavy atom. The van der Waals surface area contributed by atoms with E-state index in [-0.39, 0.29) is 0 Å². The first-order valence-corrected chi connectivity index (χ1v) is 2.99. The van der Waals surface area contributed by atoms with Crippen LogP contribution in [0.3, 0.4) is 0 Å². The molecule has 0 spiro atoms. The zero-order valence-electron chi connectivity index (χ0n) is 2.67. The largest absolute Gasteiger partial charge is 0.227 e. The van der Waals surface area contributed by atoms with Gasteiger partial charge >= 0.3 is 0 Å². The number of alkyl halides is 4. The summed E-state index contributed by atoms with van der Waals surface area (Å²) in [5, 5.41) is 0. The predicted molar refractivity (Wildman–Crippen MR) is 29.3 cm³/mol. The molecule has 0 aliphatic carbocycles. The van der Waals surface area contributed by atoms with Crippen LogP contribution in [0.5, 0.6) is 0 Å². The summed E-state index contributed by atoms with van der Waals surface area (Å²) in [6.07, 6.45) is 0. The molecule has 0 aliphatic rings. The fraction of sp³-hybridized carbons (Fsp3) is 1.00. The smallest absolute Gasteiger partial charge is 0.199 e. The van der Waals surface area contributed by atoms with Gasteiger partial charge in [0.15, 0.2) is 5.63 Å². The monoisotopic (exact) mass is 194 g/mol. The minimum absolute atomic E-state index is 0.765. The van der Waals surface area contributed by atoms with Gasteiger partial charge < -0.3 is 0 Å². The lowest BCUT2D eigenvalue weighted by molar-refractivity contribution is 0.470. The zero-order valence-corrected chi connectivity index (χ0v) is 5.76. The molecule has 0 aliphatic heterocycles. The molecular weight excluding hydrogens is 194 g/mol. The summed E-state index contributed by atoms with van der Waals surface area (Å²) < 4.78 is 10.6. The third-order valence-electron chi connectivity index (χ3n) is 0.190. The Morgan fingerprint density at radius 3 is 1.67 bits per heavy atom. The van der Waals surface area contributed by atoms with Gasteiger partial charge in [-0.3, -0.25) is 0 Å². The Kier molecular flexibility index (Phi) is 3.56. The lowest BCUT2D eigenvalue weighted by Gasteiger charge is -1.94. The van der Waals surface area contributed by atoms with Crippen molar-refractivity contribution in [3.63, 3.8) is 0 Å². The molecule has 38 valence electrons. The van der Waals surface area contributed by atoms with Gasteiger partial charge in [-0.2, -0.15) is 0 Å². The Hall–Kier alpha value is 0.990. The van der Waals surface area contributed by atoms with Crippen molar-refractivity contribution in [2.24, 2.45) is 0 Å². The van der Waals surface area contributed by atoms with Crippen molar-refractivity contribution in [1.29, 1.82) is 0 Å². The minimum Gasteiger partial charge on any atom is -0.227 e. The SMILES string of the molecule is F[C@@H](Cl)[C@H](Cl)Br.